The number of aromatic hydroxyl groups is 1. The lowest BCUT2D eigenvalue weighted by molar-refractivity contribution is -0.138. The summed E-state index contributed by atoms with van der Waals surface area (Å²) in [6.07, 6.45) is 1.96. The van der Waals surface area contributed by atoms with Gasteiger partial charge in [-0.05, 0) is 30.5 Å². The molecule has 0 aliphatic heterocycles. The summed E-state index contributed by atoms with van der Waals surface area (Å²) in [4.78, 5) is 12.5. The number of carbonyl (C=O) groups is 1. The Morgan fingerprint density at radius 2 is 2.12 bits per heavy atom. The number of benzene rings is 1. The number of aliphatic carboxylic acids is 1. The number of carboxylic acids is 1. The van der Waals surface area contributed by atoms with Gasteiger partial charge < -0.3 is 10.2 Å². The van der Waals surface area contributed by atoms with E-state index in [0.29, 0.717) is 12.1 Å². The van der Waals surface area contributed by atoms with Gasteiger partial charge in [0, 0.05) is 18.7 Å². The van der Waals surface area contributed by atoms with Crippen molar-refractivity contribution in [2.75, 3.05) is 6.54 Å². The standard InChI is InChI=1S/C12H14FNO3/c13-9-3-8(4-11(15)5-9)6-14(7-12(16)17)10-1-2-10/h3-5,10,15H,1-2,6-7H2,(H,16,17). The van der Waals surface area contributed by atoms with Crippen LogP contribution in [0.4, 0.5) is 4.39 Å². The van der Waals surface area contributed by atoms with Crippen molar-refractivity contribution in [3.05, 3.63) is 29.6 Å². The van der Waals surface area contributed by atoms with Gasteiger partial charge in [-0.1, -0.05) is 0 Å². The fourth-order valence-electron chi connectivity index (χ4n) is 1.89. The van der Waals surface area contributed by atoms with E-state index in [4.69, 9.17) is 5.11 Å². The molecule has 0 atom stereocenters. The molecule has 0 heterocycles. The molecule has 0 amide bonds. The first-order chi connectivity index (χ1) is 8.04. The highest BCUT2D eigenvalue weighted by atomic mass is 19.1. The van der Waals surface area contributed by atoms with Gasteiger partial charge in [-0.15, -0.1) is 0 Å². The summed E-state index contributed by atoms with van der Waals surface area (Å²) in [5, 5.41) is 18.1. The molecule has 0 aromatic heterocycles. The Balaban J connectivity index is 2.08. The molecule has 1 fully saturated rings. The Morgan fingerprint density at radius 3 is 2.65 bits per heavy atom. The average molecular weight is 239 g/mol. The minimum absolute atomic E-state index is 0.0536. The molecule has 1 aliphatic rings. The van der Waals surface area contributed by atoms with Crippen LogP contribution in [0, 0.1) is 5.82 Å². The van der Waals surface area contributed by atoms with Crippen molar-refractivity contribution < 1.29 is 19.4 Å². The highest BCUT2D eigenvalue weighted by Gasteiger charge is 2.30. The quantitative estimate of drug-likeness (QED) is 0.819. The van der Waals surface area contributed by atoms with E-state index in [0.717, 1.165) is 18.9 Å². The number of phenols is 1. The van der Waals surface area contributed by atoms with Crippen molar-refractivity contribution in [2.45, 2.75) is 25.4 Å². The van der Waals surface area contributed by atoms with E-state index in [-0.39, 0.29) is 18.3 Å². The molecule has 2 rings (SSSR count). The fraction of sp³-hybridized carbons (Fsp3) is 0.417. The van der Waals surface area contributed by atoms with Crippen molar-refractivity contribution >= 4 is 5.97 Å². The van der Waals surface area contributed by atoms with E-state index < -0.39 is 11.8 Å². The van der Waals surface area contributed by atoms with Crippen molar-refractivity contribution in [1.29, 1.82) is 0 Å². The van der Waals surface area contributed by atoms with Crippen LogP contribution in [0.5, 0.6) is 5.75 Å². The molecule has 2 N–H and O–H groups in total. The van der Waals surface area contributed by atoms with E-state index >= 15 is 0 Å². The van der Waals surface area contributed by atoms with Crippen LogP contribution < -0.4 is 0 Å². The lowest BCUT2D eigenvalue weighted by atomic mass is 10.2. The Kier molecular flexibility index (Phi) is 3.28. The van der Waals surface area contributed by atoms with Crippen molar-refractivity contribution in [3.63, 3.8) is 0 Å². The zero-order valence-corrected chi connectivity index (χ0v) is 9.27. The van der Waals surface area contributed by atoms with E-state index in [1.807, 2.05) is 0 Å². The minimum Gasteiger partial charge on any atom is -0.508 e. The van der Waals surface area contributed by atoms with Crippen molar-refractivity contribution in [1.82, 2.24) is 4.90 Å². The lowest BCUT2D eigenvalue weighted by Gasteiger charge is -2.19. The smallest absolute Gasteiger partial charge is 0.317 e. The lowest BCUT2D eigenvalue weighted by Crippen LogP contribution is -2.31. The zero-order chi connectivity index (χ0) is 12.4. The number of phenolic OH excluding ortho intramolecular Hbond substituents is 1. The number of hydrogen-bond acceptors (Lipinski definition) is 3. The molecule has 0 spiro atoms. The molecule has 4 nitrogen and oxygen atoms in total. The van der Waals surface area contributed by atoms with E-state index in [1.165, 1.54) is 12.1 Å². The molecular formula is C12H14FNO3. The molecule has 1 aromatic rings. The van der Waals surface area contributed by atoms with Crippen LogP contribution in [-0.2, 0) is 11.3 Å². The summed E-state index contributed by atoms with van der Waals surface area (Å²) < 4.78 is 13.1. The summed E-state index contributed by atoms with van der Waals surface area (Å²) in [6.45, 7) is 0.296. The molecule has 5 heteroatoms. The molecule has 1 saturated carbocycles. The number of halogens is 1. The summed E-state index contributed by atoms with van der Waals surface area (Å²) in [7, 11) is 0. The van der Waals surface area contributed by atoms with Crippen LogP contribution in [0.25, 0.3) is 0 Å². The predicted octanol–water partition coefficient (Wildman–Crippen LogP) is 1.58. The maximum atomic E-state index is 13.1. The molecule has 0 unspecified atom stereocenters. The first-order valence-electron chi connectivity index (χ1n) is 5.49. The van der Waals surface area contributed by atoms with E-state index in [2.05, 4.69) is 0 Å². The van der Waals surface area contributed by atoms with Gasteiger partial charge >= 0.3 is 5.97 Å². The van der Waals surface area contributed by atoms with Crippen LogP contribution in [0.3, 0.4) is 0 Å². The molecule has 0 radical (unpaired) electrons. The zero-order valence-electron chi connectivity index (χ0n) is 9.27. The second kappa shape index (κ2) is 4.71. The second-order valence-corrected chi connectivity index (χ2v) is 4.35. The number of carboxylic acid groups (broad SMARTS) is 1. The highest BCUT2D eigenvalue weighted by molar-refractivity contribution is 5.69. The topological polar surface area (TPSA) is 60.8 Å². The van der Waals surface area contributed by atoms with Crippen LogP contribution >= 0.6 is 0 Å². The molecule has 0 bridgehead atoms. The fourth-order valence-corrected chi connectivity index (χ4v) is 1.89. The van der Waals surface area contributed by atoms with Gasteiger partial charge in [0.1, 0.15) is 11.6 Å². The van der Waals surface area contributed by atoms with Gasteiger partial charge in [-0.2, -0.15) is 0 Å². The van der Waals surface area contributed by atoms with Crippen LogP contribution in [-0.4, -0.2) is 33.7 Å². The number of nitrogens with zero attached hydrogens (tertiary/aromatic N) is 1. The SMILES string of the molecule is O=C(O)CN(Cc1cc(O)cc(F)c1)C1CC1. The van der Waals surface area contributed by atoms with E-state index in [9.17, 15) is 14.3 Å². The van der Waals surface area contributed by atoms with Crippen molar-refractivity contribution in [2.24, 2.45) is 0 Å². The van der Waals surface area contributed by atoms with Gasteiger partial charge in [-0.25, -0.2) is 4.39 Å². The summed E-state index contributed by atoms with van der Waals surface area (Å²) in [5.74, 6) is -1.53. The third-order valence-corrected chi connectivity index (χ3v) is 2.73. The first-order valence-corrected chi connectivity index (χ1v) is 5.49. The first kappa shape index (κ1) is 11.9. The molecular weight excluding hydrogens is 225 g/mol. The minimum atomic E-state index is -0.891. The maximum Gasteiger partial charge on any atom is 0.317 e. The molecule has 17 heavy (non-hydrogen) atoms. The normalized spacial score (nSPS) is 15.2. The Labute approximate surface area is 98.3 Å². The van der Waals surface area contributed by atoms with Gasteiger partial charge in [0.25, 0.3) is 0 Å². The Hall–Kier alpha value is -1.62. The van der Waals surface area contributed by atoms with Gasteiger partial charge in [0.2, 0.25) is 0 Å². The third-order valence-electron chi connectivity index (χ3n) is 2.73. The van der Waals surface area contributed by atoms with Gasteiger partial charge in [0.05, 0.1) is 6.54 Å². The molecule has 92 valence electrons. The summed E-state index contributed by atoms with van der Waals surface area (Å²) >= 11 is 0. The summed E-state index contributed by atoms with van der Waals surface area (Å²) in [5.41, 5.74) is 0.593. The Bertz CT molecular complexity index is 412. The second-order valence-electron chi connectivity index (χ2n) is 4.35. The predicted molar refractivity (Wildman–Crippen MR) is 59.1 cm³/mol. The number of rotatable bonds is 5. The van der Waals surface area contributed by atoms with Gasteiger partial charge in [-0.3, -0.25) is 9.69 Å². The van der Waals surface area contributed by atoms with Crippen LogP contribution in [0.15, 0.2) is 18.2 Å². The third kappa shape index (κ3) is 3.42. The maximum absolute atomic E-state index is 13.1. The van der Waals surface area contributed by atoms with Gasteiger partial charge in [0.15, 0.2) is 0 Å². The summed E-state index contributed by atoms with van der Waals surface area (Å²) in [6, 6.07) is 4.08. The number of hydrogen-bond donors (Lipinski definition) is 2. The van der Waals surface area contributed by atoms with Crippen LogP contribution in [0.1, 0.15) is 18.4 Å². The molecule has 0 saturated heterocycles. The largest absolute Gasteiger partial charge is 0.508 e. The monoisotopic (exact) mass is 239 g/mol. The average Bonchev–Trinajstić information content (AvgIpc) is 2.96. The van der Waals surface area contributed by atoms with Crippen LogP contribution in [0.2, 0.25) is 0 Å². The van der Waals surface area contributed by atoms with E-state index in [1.54, 1.807) is 4.90 Å². The molecule has 1 aliphatic carbocycles. The molecule has 1 aromatic carbocycles. The van der Waals surface area contributed by atoms with Crippen molar-refractivity contribution in [3.8, 4) is 5.75 Å². The Morgan fingerprint density at radius 1 is 1.41 bits per heavy atom. The highest BCUT2D eigenvalue weighted by Crippen LogP contribution is 2.28.